The van der Waals surface area contributed by atoms with Crippen LogP contribution in [0.25, 0.3) is 11.3 Å². The van der Waals surface area contributed by atoms with E-state index in [1.54, 1.807) is 4.90 Å². The van der Waals surface area contributed by atoms with Gasteiger partial charge in [0.2, 0.25) is 5.91 Å². The largest absolute Gasteiger partial charge is 0.496 e. The van der Waals surface area contributed by atoms with E-state index < -0.39 is 5.82 Å². The molecule has 32 heavy (non-hydrogen) atoms. The Morgan fingerprint density at radius 1 is 1.06 bits per heavy atom. The number of methoxy groups -OCH3 is 1. The Hall–Kier alpha value is -3.39. The smallest absolute Gasteiger partial charge is 0.267 e. The summed E-state index contributed by atoms with van der Waals surface area (Å²) in [7, 11) is 1.43. The quantitative estimate of drug-likeness (QED) is 0.590. The maximum absolute atomic E-state index is 13.5. The highest BCUT2D eigenvalue weighted by molar-refractivity contribution is 6.30. The molecule has 1 aliphatic heterocycles. The van der Waals surface area contributed by atoms with Crippen molar-refractivity contribution < 1.29 is 13.9 Å². The topological polar surface area (TPSA) is 67.7 Å². The fourth-order valence-electron chi connectivity index (χ4n) is 3.68. The standard InChI is InChI=1S/C23H22ClFN4O3/c1-32-21-14-17(25)4-7-19(21)20-8-9-22(30)29(26-20)15-23(31)28-12-10-27(11-13-28)18-5-2-16(24)3-6-18/h2-9,14H,10-13,15H2,1H3. The Morgan fingerprint density at radius 2 is 1.78 bits per heavy atom. The van der Waals surface area contributed by atoms with Crippen molar-refractivity contribution in [2.24, 2.45) is 0 Å². The highest BCUT2D eigenvalue weighted by Gasteiger charge is 2.22. The molecule has 0 radical (unpaired) electrons. The van der Waals surface area contributed by atoms with Gasteiger partial charge in [-0.2, -0.15) is 5.10 Å². The number of hydrogen-bond acceptors (Lipinski definition) is 5. The van der Waals surface area contributed by atoms with E-state index in [2.05, 4.69) is 10.00 Å². The van der Waals surface area contributed by atoms with E-state index in [0.717, 1.165) is 10.4 Å². The van der Waals surface area contributed by atoms with Gasteiger partial charge in [-0.3, -0.25) is 9.59 Å². The number of amides is 1. The molecule has 3 aromatic rings. The van der Waals surface area contributed by atoms with Gasteiger partial charge in [0.15, 0.2) is 0 Å². The van der Waals surface area contributed by atoms with Gasteiger partial charge in [-0.1, -0.05) is 11.6 Å². The van der Waals surface area contributed by atoms with Crippen molar-refractivity contribution in [3.05, 3.63) is 75.8 Å². The van der Waals surface area contributed by atoms with E-state index in [9.17, 15) is 14.0 Å². The van der Waals surface area contributed by atoms with Crippen molar-refractivity contribution in [2.75, 3.05) is 38.2 Å². The normalized spacial score (nSPS) is 13.8. The SMILES string of the molecule is COc1cc(F)ccc1-c1ccc(=O)n(CC(=O)N2CCN(c3ccc(Cl)cc3)CC2)n1. The third-order valence-corrected chi connectivity index (χ3v) is 5.67. The van der Waals surface area contributed by atoms with Crippen LogP contribution in [0.15, 0.2) is 59.4 Å². The third-order valence-electron chi connectivity index (χ3n) is 5.42. The molecule has 0 atom stereocenters. The maximum Gasteiger partial charge on any atom is 0.267 e. The van der Waals surface area contributed by atoms with Crippen molar-refractivity contribution in [1.29, 1.82) is 0 Å². The van der Waals surface area contributed by atoms with Crippen LogP contribution in [0.1, 0.15) is 0 Å². The van der Waals surface area contributed by atoms with Crippen molar-refractivity contribution in [2.45, 2.75) is 6.54 Å². The average molecular weight is 457 g/mol. The Bertz CT molecular complexity index is 1170. The van der Waals surface area contributed by atoms with E-state index in [4.69, 9.17) is 16.3 Å². The minimum absolute atomic E-state index is 0.170. The van der Waals surface area contributed by atoms with Crippen LogP contribution in [0.5, 0.6) is 5.75 Å². The zero-order valence-corrected chi connectivity index (χ0v) is 18.3. The van der Waals surface area contributed by atoms with Gasteiger partial charge in [0.1, 0.15) is 18.1 Å². The van der Waals surface area contributed by atoms with Gasteiger partial charge < -0.3 is 14.5 Å². The van der Waals surface area contributed by atoms with Gasteiger partial charge in [-0.25, -0.2) is 9.07 Å². The number of rotatable bonds is 5. The van der Waals surface area contributed by atoms with Gasteiger partial charge >= 0.3 is 0 Å². The Morgan fingerprint density at radius 3 is 2.47 bits per heavy atom. The number of carbonyl (C=O) groups is 1. The number of aromatic nitrogens is 2. The monoisotopic (exact) mass is 456 g/mol. The second-order valence-corrected chi connectivity index (χ2v) is 7.84. The van der Waals surface area contributed by atoms with Crippen LogP contribution in [-0.4, -0.2) is 53.9 Å². The van der Waals surface area contributed by atoms with Crippen molar-refractivity contribution >= 4 is 23.2 Å². The first-order valence-corrected chi connectivity index (χ1v) is 10.5. The molecule has 1 saturated heterocycles. The highest BCUT2D eigenvalue weighted by atomic mass is 35.5. The summed E-state index contributed by atoms with van der Waals surface area (Å²) in [5.74, 6) is -0.322. The minimum atomic E-state index is -0.438. The van der Waals surface area contributed by atoms with Crippen molar-refractivity contribution in [3.8, 4) is 17.0 Å². The molecule has 0 unspecified atom stereocenters. The van der Waals surface area contributed by atoms with E-state index in [-0.39, 0.29) is 18.0 Å². The van der Waals surface area contributed by atoms with Crippen LogP contribution in [0.2, 0.25) is 5.02 Å². The predicted octanol–water partition coefficient (Wildman–Crippen LogP) is 3.06. The van der Waals surface area contributed by atoms with Crippen LogP contribution < -0.4 is 15.2 Å². The van der Waals surface area contributed by atoms with E-state index >= 15 is 0 Å². The Kier molecular flexibility index (Phi) is 6.41. The Labute approximate surface area is 189 Å². The van der Waals surface area contributed by atoms with E-state index in [1.165, 1.54) is 37.4 Å². The van der Waals surface area contributed by atoms with Crippen LogP contribution in [0.3, 0.4) is 0 Å². The molecule has 0 aliphatic carbocycles. The number of hydrogen-bond donors (Lipinski definition) is 0. The number of benzene rings is 2. The number of halogens is 2. The number of piperazine rings is 1. The molecular weight excluding hydrogens is 435 g/mol. The van der Waals surface area contributed by atoms with Gasteiger partial charge in [0.05, 0.1) is 12.8 Å². The lowest BCUT2D eigenvalue weighted by atomic mass is 10.1. The summed E-state index contributed by atoms with van der Waals surface area (Å²) in [6, 6.07) is 14.5. The molecule has 0 N–H and O–H groups in total. The number of anilines is 1. The lowest BCUT2D eigenvalue weighted by Gasteiger charge is -2.36. The molecule has 1 amide bonds. The van der Waals surface area contributed by atoms with Crippen molar-refractivity contribution in [3.63, 3.8) is 0 Å². The van der Waals surface area contributed by atoms with Gasteiger partial charge in [-0.05, 0) is 42.5 Å². The number of ether oxygens (including phenoxy) is 1. The molecular formula is C23H22ClFN4O3. The minimum Gasteiger partial charge on any atom is -0.496 e. The highest BCUT2D eigenvalue weighted by Crippen LogP contribution is 2.28. The van der Waals surface area contributed by atoms with Crippen LogP contribution in [0, 0.1) is 5.82 Å². The number of carbonyl (C=O) groups excluding carboxylic acids is 1. The van der Waals surface area contributed by atoms with Gasteiger partial charge in [0.25, 0.3) is 5.56 Å². The summed E-state index contributed by atoms with van der Waals surface area (Å²) in [5, 5.41) is 5.00. The molecule has 166 valence electrons. The second kappa shape index (κ2) is 9.40. The summed E-state index contributed by atoms with van der Waals surface area (Å²) in [5.41, 5.74) is 1.62. The summed E-state index contributed by atoms with van der Waals surface area (Å²) >= 11 is 5.95. The molecule has 1 aromatic heterocycles. The molecule has 7 nitrogen and oxygen atoms in total. The van der Waals surface area contributed by atoms with Crippen LogP contribution >= 0.6 is 11.6 Å². The first-order chi connectivity index (χ1) is 15.4. The average Bonchev–Trinajstić information content (AvgIpc) is 2.81. The van der Waals surface area contributed by atoms with Crippen molar-refractivity contribution in [1.82, 2.24) is 14.7 Å². The predicted molar refractivity (Wildman–Crippen MR) is 121 cm³/mol. The van der Waals surface area contributed by atoms with Crippen LogP contribution in [-0.2, 0) is 11.3 Å². The molecule has 2 aromatic carbocycles. The van der Waals surface area contributed by atoms with Gasteiger partial charge in [-0.15, -0.1) is 0 Å². The molecule has 1 aliphatic rings. The number of nitrogens with zero attached hydrogens (tertiary/aromatic N) is 4. The van der Waals surface area contributed by atoms with Crippen LogP contribution in [0.4, 0.5) is 10.1 Å². The zero-order chi connectivity index (χ0) is 22.7. The van der Waals surface area contributed by atoms with E-state index in [0.29, 0.717) is 48.2 Å². The zero-order valence-electron chi connectivity index (χ0n) is 17.5. The summed E-state index contributed by atoms with van der Waals surface area (Å²) in [4.78, 5) is 29.1. The Balaban J connectivity index is 1.45. The molecule has 0 saturated carbocycles. The second-order valence-electron chi connectivity index (χ2n) is 7.40. The summed E-state index contributed by atoms with van der Waals surface area (Å²) < 4.78 is 19.9. The lowest BCUT2D eigenvalue weighted by molar-refractivity contribution is -0.132. The first-order valence-electron chi connectivity index (χ1n) is 10.1. The van der Waals surface area contributed by atoms with Gasteiger partial charge in [0, 0.05) is 54.6 Å². The molecule has 1 fully saturated rings. The first kappa shape index (κ1) is 21.8. The molecule has 9 heteroatoms. The molecule has 0 bridgehead atoms. The molecule has 0 spiro atoms. The lowest BCUT2D eigenvalue weighted by Crippen LogP contribution is -2.50. The summed E-state index contributed by atoms with van der Waals surface area (Å²) in [6.07, 6.45) is 0. The fourth-order valence-corrected chi connectivity index (χ4v) is 3.80. The summed E-state index contributed by atoms with van der Waals surface area (Å²) in [6.45, 7) is 2.28. The molecule has 2 heterocycles. The molecule has 4 rings (SSSR count). The maximum atomic E-state index is 13.5. The third kappa shape index (κ3) is 4.75. The van der Waals surface area contributed by atoms with E-state index in [1.807, 2.05) is 24.3 Å². The fraction of sp³-hybridized carbons (Fsp3) is 0.261.